The predicted octanol–water partition coefficient (Wildman–Crippen LogP) is 1.81. The highest BCUT2D eigenvalue weighted by Gasteiger charge is 2.16. The molecule has 3 aromatic carbocycles. The van der Waals surface area contributed by atoms with Crippen molar-refractivity contribution in [2.24, 2.45) is 0 Å². The molecule has 3 aromatic rings. The van der Waals surface area contributed by atoms with Crippen molar-refractivity contribution in [1.29, 1.82) is 0 Å². The molecule has 3 rings (SSSR count). The van der Waals surface area contributed by atoms with Gasteiger partial charge in [0.2, 0.25) is 0 Å². The van der Waals surface area contributed by atoms with Crippen molar-refractivity contribution in [2.45, 2.75) is 6.54 Å². The Hall–Kier alpha value is -3.07. The number of nitrogens with one attached hydrogen (secondary N) is 1. The van der Waals surface area contributed by atoms with Crippen LogP contribution in [0.2, 0.25) is 0 Å². The zero-order valence-corrected chi connectivity index (χ0v) is 13.4. The van der Waals surface area contributed by atoms with Crippen molar-refractivity contribution in [1.82, 2.24) is 0 Å². The number of benzene rings is 2. The van der Waals surface area contributed by atoms with E-state index in [2.05, 4.69) is 17.4 Å². The van der Waals surface area contributed by atoms with Crippen LogP contribution in [0.3, 0.4) is 0 Å². The van der Waals surface area contributed by atoms with Crippen LogP contribution in [0.5, 0.6) is 0 Å². The van der Waals surface area contributed by atoms with Gasteiger partial charge in [0.25, 0.3) is 0 Å². The summed E-state index contributed by atoms with van der Waals surface area (Å²) in [4.78, 5) is 12.7. The number of hydrogen-bond acceptors (Lipinski definition) is 4. The summed E-state index contributed by atoms with van der Waals surface area (Å²) in [5, 5.41) is 22.0. The van der Waals surface area contributed by atoms with Gasteiger partial charge in [-0.1, -0.05) is 60.7 Å². The van der Waals surface area contributed by atoms with Crippen LogP contribution in [0.25, 0.3) is 0 Å². The van der Waals surface area contributed by atoms with Crippen LogP contribution in [-0.2, 0) is 6.54 Å². The van der Waals surface area contributed by atoms with Crippen molar-refractivity contribution < 1.29 is 14.8 Å². The van der Waals surface area contributed by atoms with Gasteiger partial charge in [0.1, 0.15) is 0 Å². The summed E-state index contributed by atoms with van der Waals surface area (Å²) in [6.45, 7) is 0.295. The first-order valence-electron chi connectivity index (χ1n) is 7.87. The van der Waals surface area contributed by atoms with E-state index in [1.165, 1.54) is 0 Å². The molecule has 25 heavy (non-hydrogen) atoms. The highest BCUT2D eigenvalue weighted by Crippen LogP contribution is 2.19. The van der Waals surface area contributed by atoms with Gasteiger partial charge in [0.05, 0.1) is 0 Å². The molecule has 0 aliphatic rings. The summed E-state index contributed by atoms with van der Waals surface area (Å²) in [6, 6.07) is 25.1. The maximum Gasteiger partial charge on any atom is 0.489 e. The minimum Gasteiger partial charge on any atom is -0.423 e. The summed E-state index contributed by atoms with van der Waals surface area (Å²) in [6.07, 6.45) is 0. The average molecular weight is 329 g/mol. The van der Waals surface area contributed by atoms with Gasteiger partial charge >= 0.3 is 7.12 Å². The molecule has 0 atom stereocenters. The molecule has 5 heteroatoms. The van der Waals surface area contributed by atoms with Crippen molar-refractivity contribution >= 4 is 24.1 Å². The Bertz CT molecular complexity index is 866. The molecule has 122 valence electrons. The monoisotopic (exact) mass is 329 g/mol. The normalized spacial score (nSPS) is 10.0. The standard InChI is InChI=1S/C20H16BNO3/c23-20(15-8-2-1-3-9-15)17-11-5-7-13-19(17)22-14-16-10-4-6-12-18(16)21(24)25/h1-3,5-9,11-13,22,24-25H,14H2. The molecule has 0 spiro atoms. The van der Waals surface area contributed by atoms with Gasteiger partial charge in [-0.25, -0.2) is 0 Å². The van der Waals surface area contributed by atoms with Crippen LogP contribution < -0.4 is 10.8 Å². The highest BCUT2D eigenvalue weighted by molar-refractivity contribution is 6.59. The van der Waals surface area contributed by atoms with Crippen LogP contribution in [0.15, 0.2) is 66.7 Å². The summed E-state index contributed by atoms with van der Waals surface area (Å²) >= 11 is 0. The van der Waals surface area contributed by atoms with E-state index in [1.807, 2.05) is 36.4 Å². The lowest BCUT2D eigenvalue weighted by Gasteiger charge is -2.12. The number of carbonyl (C=O) groups excluding carboxylic acids is 1. The second-order valence-electron chi connectivity index (χ2n) is 5.50. The Balaban J connectivity index is 1.84. The molecular formula is C20H16BNO3. The molecule has 0 aliphatic heterocycles. The predicted molar refractivity (Wildman–Crippen MR) is 97.6 cm³/mol. The van der Waals surface area contributed by atoms with Gasteiger partial charge in [-0.3, -0.25) is 4.79 Å². The van der Waals surface area contributed by atoms with E-state index >= 15 is 0 Å². The summed E-state index contributed by atoms with van der Waals surface area (Å²) in [7, 11) is -1.58. The van der Waals surface area contributed by atoms with Crippen molar-refractivity contribution in [3.05, 3.63) is 95.6 Å². The summed E-state index contributed by atoms with van der Waals surface area (Å²) in [5.41, 5.74) is 2.78. The van der Waals surface area contributed by atoms with E-state index in [0.717, 1.165) is 0 Å². The first-order chi connectivity index (χ1) is 12.2. The SMILES string of the molecule is O=C(c1ccccc1)c1ccccc1NCc1c#cccc1B(O)O. The van der Waals surface area contributed by atoms with Gasteiger partial charge in [-0.05, 0) is 23.7 Å². The highest BCUT2D eigenvalue weighted by atomic mass is 16.4. The number of rotatable bonds is 6. The van der Waals surface area contributed by atoms with Crippen LogP contribution >= 0.6 is 0 Å². The number of ketones is 1. The van der Waals surface area contributed by atoms with Crippen LogP contribution in [0.1, 0.15) is 21.5 Å². The topological polar surface area (TPSA) is 69.6 Å². The fraction of sp³-hybridized carbons (Fsp3) is 0.0500. The van der Waals surface area contributed by atoms with Gasteiger partial charge in [-0.15, -0.1) is 0 Å². The molecule has 0 aliphatic carbocycles. The van der Waals surface area contributed by atoms with Gasteiger partial charge in [0, 0.05) is 28.9 Å². The van der Waals surface area contributed by atoms with Crippen molar-refractivity contribution in [3.63, 3.8) is 0 Å². The Kier molecular flexibility index (Phi) is 5.15. The molecular weight excluding hydrogens is 313 g/mol. The Morgan fingerprint density at radius 3 is 2.48 bits per heavy atom. The fourth-order valence-corrected chi connectivity index (χ4v) is 2.59. The molecule has 0 fully saturated rings. The summed E-state index contributed by atoms with van der Waals surface area (Å²) < 4.78 is 0. The first kappa shape index (κ1) is 16.8. The first-order valence-corrected chi connectivity index (χ1v) is 7.87. The van der Waals surface area contributed by atoms with Gasteiger partial charge in [-0.2, -0.15) is 0 Å². The Morgan fingerprint density at radius 2 is 1.72 bits per heavy atom. The molecule has 0 bridgehead atoms. The van der Waals surface area contributed by atoms with E-state index < -0.39 is 7.12 Å². The van der Waals surface area contributed by atoms with Crippen molar-refractivity contribution in [2.75, 3.05) is 5.32 Å². The molecule has 0 unspecified atom stereocenters. The van der Waals surface area contributed by atoms with Crippen LogP contribution in [-0.4, -0.2) is 22.9 Å². The van der Waals surface area contributed by atoms with E-state index in [-0.39, 0.29) is 5.78 Å². The summed E-state index contributed by atoms with van der Waals surface area (Å²) in [5.74, 6) is -0.0743. The number of hydrogen-bond donors (Lipinski definition) is 3. The zero-order valence-electron chi connectivity index (χ0n) is 13.4. The molecule has 3 N–H and O–H groups in total. The zero-order chi connectivity index (χ0) is 17.6. The van der Waals surface area contributed by atoms with E-state index in [1.54, 1.807) is 30.3 Å². The minimum absolute atomic E-state index is 0.0743. The lowest BCUT2D eigenvalue weighted by molar-refractivity contribution is 0.103. The molecule has 0 radical (unpaired) electrons. The third-order valence-corrected chi connectivity index (χ3v) is 3.86. The third-order valence-electron chi connectivity index (χ3n) is 3.86. The smallest absolute Gasteiger partial charge is 0.423 e. The largest absolute Gasteiger partial charge is 0.489 e. The van der Waals surface area contributed by atoms with Crippen LogP contribution in [0, 0.1) is 12.1 Å². The second-order valence-corrected chi connectivity index (χ2v) is 5.50. The van der Waals surface area contributed by atoms with Gasteiger partial charge in [0.15, 0.2) is 5.78 Å². The fourth-order valence-electron chi connectivity index (χ4n) is 2.59. The van der Waals surface area contributed by atoms with Crippen molar-refractivity contribution in [3.8, 4) is 0 Å². The van der Waals surface area contributed by atoms with Gasteiger partial charge < -0.3 is 15.4 Å². The number of anilines is 1. The lowest BCUT2D eigenvalue weighted by atomic mass is 9.77. The van der Waals surface area contributed by atoms with E-state index in [0.29, 0.717) is 34.4 Å². The maximum atomic E-state index is 12.7. The number of carbonyl (C=O) groups is 1. The quantitative estimate of drug-likeness (QED) is 0.477. The molecule has 0 saturated carbocycles. The number of para-hydroxylation sites is 1. The average Bonchev–Trinajstić information content (AvgIpc) is 2.67. The second kappa shape index (κ2) is 7.67. The van der Waals surface area contributed by atoms with E-state index in [9.17, 15) is 14.8 Å². The van der Waals surface area contributed by atoms with Crippen LogP contribution in [0.4, 0.5) is 5.69 Å². The molecule has 0 heterocycles. The Labute approximate surface area is 146 Å². The molecule has 4 nitrogen and oxygen atoms in total. The minimum atomic E-state index is -1.58. The lowest BCUT2D eigenvalue weighted by Crippen LogP contribution is -2.33. The Morgan fingerprint density at radius 1 is 1.00 bits per heavy atom. The molecule has 0 aromatic heterocycles. The van der Waals surface area contributed by atoms with E-state index in [4.69, 9.17) is 0 Å². The third kappa shape index (κ3) is 3.89. The maximum absolute atomic E-state index is 12.7. The molecule has 0 amide bonds. The molecule has 0 saturated heterocycles.